The second-order valence-electron chi connectivity index (χ2n) is 7.62. The Bertz CT molecular complexity index is 1250. The minimum atomic E-state index is -0.335. The molecule has 176 valence electrons. The van der Waals surface area contributed by atoms with Crippen LogP contribution in [0.5, 0.6) is 11.5 Å². The number of nitrogens with zero attached hydrogens (tertiary/aromatic N) is 1. The number of rotatable bonds is 8. The van der Waals surface area contributed by atoms with Crippen LogP contribution in [0.25, 0.3) is 0 Å². The molecule has 4 aromatic carbocycles. The minimum Gasteiger partial charge on any atom is -0.457 e. The predicted molar refractivity (Wildman–Crippen MR) is 140 cm³/mol. The van der Waals surface area contributed by atoms with Crippen LogP contribution < -0.4 is 20.3 Å². The fraction of sp³-hybridized carbons (Fsp3) is 0.0714. The lowest BCUT2D eigenvalue weighted by Crippen LogP contribution is -2.41. The third-order valence-corrected chi connectivity index (χ3v) is 5.38. The van der Waals surface area contributed by atoms with Gasteiger partial charge in [0.1, 0.15) is 11.5 Å². The average molecular weight is 486 g/mol. The van der Waals surface area contributed by atoms with Crippen LogP contribution in [0.2, 0.25) is 5.02 Å². The number of halogens is 1. The molecule has 0 aliphatic heterocycles. The van der Waals surface area contributed by atoms with Gasteiger partial charge in [-0.2, -0.15) is 0 Å². The summed E-state index contributed by atoms with van der Waals surface area (Å²) in [6.07, 6.45) is 0. The average Bonchev–Trinajstić information content (AvgIpc) is 2.89. The summed E-state index contributed by atoms with van der Waals surface area (Å²) in [6.45, 7) is 0.529. The van der Waals surface area contributed by atoms with E-state index in [9.17, 15) is 9.59 Å². The van der Waals surface area contributed by atoms with Crippen LogP contribution in [0.15, 0.2) is 109 Å². The molecule has 0 saturated heterocycles. The third kappa shape index (κ3) is 6.85. The first-order valence-electron chi connectivity index (χ1n) is 11.1. The molecule has 35 heavy (non-hydrogen) atoms. The first-order valence-corrected chi connectivity index (χ1v) is 11.5. The Kier molecular flexibility index (Phi) is 7.99. The molecule has 0 fully saturated rings. The zero-order chi connectivity index (χ0) is 24.5. The number of anilines is 2. The number of para-hydroxylation sites is 1. The Morgan fingerprint density at radius 3 is 2.00 bits per heavy atom. The number of hydrogen-bond donors (Lipinski definition) is 2. The van der Waals surface area contributed by atoms with Crippen molar-refractivity contribution in [2.75, 3.05) is 23.3 Å². The summed E-state index contributed by atoms with van der Waals surface area (Å²) in [5.41, 5.74) is 1.83. The van der Waals surface area contributed by atoms with Gasteiger partial charge in [-0.15, -0.1) is 0 Å². The molecule has 6 nitrogen and oxygen atoms in total. The van der Waals surface area contributed by atoms with Crippen molar-refractivity contribution in [1.29, 1.82) is 0 Å². The van der Waals surface area contributed by atoms with Gasteiger partial charge in [-0.3, -0.25) is 9.69 Å². The van der Waals surface area contributed by atoms with Gasteiger partial charge in [-0.1, -0.05) is 48.0 Å². The van der Waals surface area contributed by atoms with Gasteiger partial charge in [0.15, 0.2) is 0 Å². The lowest BCUT2D eigenvalue weighted by atomic mass is 10.2. The molecule has 0 spiro atoms. The molecule has 0 aromatic heterocycles. The van der Waals surface area contributed by atoms with E-state index >= 15 is 0 Å². The predicted octanol–water partition coefficient (Wildman–Crippen LogP) is 6.60. The first-order chi connectivity index (χ1) is 17.1. The zero-order valence-corrected chi connectivity index (χ0v) is 19.6. The van der Waals surface area contributed by atoms with Crippen LogP contribution in [0, 0.1) is 0 Å². The van der Waals surface area contributed by atoms with Crippen LogP contribution in [0.1, 0.15) is 10.4 Å². The summed E-state index contributed by atoms with van der Waals surface area (Å²) in [4.78, 5) is 27.1. The summed E-state index contributed by atoms with van der Waals surface area (Å²) >= 11 is 5.95. The SMILES string of the molecule is O=C(NCCN(C(=O)Nc1ccc(Cl)cc1)c1ccc(Oc2ccccc2)cc1)c1ccccc1. The molecule has 0 aliphatic carbocycles. The summed E-state index contributed by atoms with van der Waals surface area (Å²) in [7, 11) is 0. The molecule has 0 aliphatic rings. The van der Waals surface area contributed by atoms with Crippen molar-refractivity contribution in [3.8, 4) is 11.5 Å². The van der Waals surface area contributed by atoms with Crippen LogP contribution >= 0.6 is 11.6 Å². The van der Waals surface area contributed by atoms with Crippen molar-refractivity contribution in [2.24, 2.45) is 0 Å². The second-order valence-corrected chi connectivity index (χ2v) is 8.06. The number of hydrogen-bond acceptors (Lipinski definition) is 3. The van der Waals surface area contributed by atoms with Crippen LogP contribution in [0.4, 0.5) is 16.2 Å². The molecule has 0 heterocycles. The van der Waals surface area contributed by atoms with E-state index in [1.807, 2.05) is 36.4 Å². The Morgan fingerprint density at radius 2 is 1.34 bits per heavy atom. The molecule has 7 heteroatoms. The normalized spacial score (nSPS) is 10.3. The lowest BCUT2D eigenvalue weighted by Gasteiger charge is -2.24. The fourth-order valence-electron chi connectivity index (χ4n) is 3.36. The Labute approximate surface area is 209 Å². The van der Waals surface area contributed by atoms with Crippen molar-refractivity contribution in [1.82, 2.24) is 5.32 Å². The summed E-state index contributed by atoms with van der Waals surface area (Å²) in [6, 6.07) is 32.1. The topological polar surface area (TPSA) is 70.7 Å². The third-order valence-electron chi connectivity index (χ3n) is 5.12. The Hall–Kier alpha value is -4.29. The van der Waals surface area contributed by atoms with E-state index in [4.69, 9.17) is 16.3 Å². The van der Waals surface area contributed by atoms with Gasteiger partial charge < -0.3 is 15.4 Å². The summed E-state index contributed by atoms with van der Waals surface area (Å²) in [5, 5.41) is 6.32. The maximum atomic E-state index is 13.2. The maximum Gasteiger partial charge on any atom is 0.326 e. The van der Waals surface area contributed by atoms with E-state index in [1.165, 1.54) is 0 Å². The summed E-state index contributed by atoms with van der Waals surface area (Å²) in [5.74, 6) is 1.17. The lowest BCUT2D eigenvalue weighted by molar-refractivity contribution is 0.0954. The molecule has 0 atom stereocenters. The highest BCUT2D eigenvalue weighted by atomic mass is 35.5. The molecule has 0 bridgehead atoms. The van der Waals surface area contributed by atoms with Gasteiger partial charge in [0.25, 0.3) is 5.91 Å². The smallest absolute Gasteiger partial charge is 0.326 e. The van der Waals surface area contributed by atoms with E-state index in [0.717, 1.165) is 5.75 Å². The molecule has 0 radical (unpaired) electrons. The molecule has 0 unspecified atom stereocenters. The number of amides is 3. The number of ether oxygens (including phenoxy) is 1. The van der Waals surface area contributed by atoms with Crippen LogP contribution in [0.3, 0.4) is 0 Å². The molecule has 4 aromatic rings. The van der Waals surface area contributed by atoms with E-state index in [0.29, 0.717) is 27.7 Å². The Balaban J connectivity index is 1.46. The zero-order valence-electron chi connectivity index (χ0n) is 18.9. The van der Waals surface area contributed by atoms with Gasteiger partial charge in [0, 0.05) is 35.1 Å². The van der Waals surface area contributed by atoms with Gasteiger partial charge >= 0.3 is 6.03 Å². The van der Waals surface area contributed by atoms with Crippen molar-refractivity contribution in [2.45, 2.75) is 0 Å². The number of carbonyl (C=O) groups is 2. The molecular formula is C28H24ClN3O3. The van der Waals surface area contributed by atoms with Gasteiger partial charge in [0.05, 0.1) is 0 Å². The quantitative estimate of drug-likeness (QED) is 0.295. The van der Waals surface area contributed by atoms with E-state index < -0.39 is 0 Å². The summed E-state index contributed by atoms with van der Waals surface area (Å²) < 4.78 is 5.85. The largest absolute Gasteiger partial charge is 0.457 e. The number of carbonyl (C=O) groups excluding carboxylic acids is 2. The van der Waals surface area contributed by atoms with E-state index in [2.05, 4.69) is 10.6 Å². The number of nitrogens with one attached hydrogen (secondary N) is 2. The van der Waals surface area contributed by atoms with Crippen molar-refractivity contribution >= 4 is 34.9 Å². The van der Waals surface area contributed by atoms with E-state index in [-0.39, 0.29) is 25.0 Å². The number of benzene rings is 4. The second kappa shape index (κ2) is 11.7. The van der Waals surface area contributed by atoms with Gasteiger partial charge in [0.2, 0.25) is 0 Å². The molecule has 0 saturated carbocycles. The molecule has 2 N–H and O–H groups in total. The van der Waals surface area contributed by atoms with Crippen molar-refractivity contribution in [3.05, 3.63) is 120 Å². The highest BCUT2D eigenvalue weighted by molar-refractivity contribution is 6.30. The monoisotopic (exact) mass is 485 g/mol. The Morgan fingerprint density at radius 1 is 0.743 bits per heavy atom. The maximum absolute atomic E-state index is 13.2. The van der Waals surface area contributed by atoms with Crippen LogP contribution in [-0.4, -0.2) is 25.0 Å². The highest BCUT2D eigenvalue weighted by Gasteiger charge is 2.17. The standard InChI is InChI=1S/C28H24ClN3O3/c29-22-11-13-23(14-12-22)31-28(34)32(20-19-30-27(33)21-7-3-1-4-8-21)24-15-17-26(18-16-24)35-25-9-5-2-6-10-25/h1-18H,19-20H2,(H,30,33)(H,31,34). The molecular weight excluding hydrogens is 462 g/mol. The van der Waals surface area contributed by atoms with Gasteiger partial charge in [-0.05, 0) is 72.8 Å². The van der Waals surface area contributed by atoms with Crippen molar-refractivity contribution in [3.63, 3.8) is 0 Å². The van der Waals surface area contributed by atoms with Crippen LogP contribution in [-0.2, 0) is 0 Å². The van der Waals surface area contributed by atoms with Gasteiger partial charge in [-0.25, -0.2) is 4.79 Å². The highest BCUT2D eigenvalue weighted by Crippen LogP contribution is 2.25. The number of urea groups is 1. The molecule has 3 amide bonds. The molecule has 4 rings (SSSR count). The van der Waals surface area contributed by atoms with E-state index in [1.54, 1.807) is 77.7 Å². The van der Waals surface area contributed by atoms with Crippen molar-refractivity contribution < 1.29 is 14.3 Å². The first kappa shape index (κ1) is 23.9. The minimum absolute atomic E-state index is 0.199. The fourth-order valence-corrected chi connectivity index (χ4v) is 3.49.